The van der Waals surface area contributed by atoms with E-state index in [0.717, 1.165) is 30.3 Å². The number of fused-ring (bicyclic) bond motifs is 1. The van der Waals surface area contributed by atoms with Gasteiger partial charge in [-0.1, -0.05) is 19.8 Å². The van der Waals surface area contributed by atoms with Gasteiger partial charge in [-0.25, -0.2) is 0 Å². The molecule has 1 saturated carbocycles. The van der Waals surface area contributed by atoms with Crippen molar-refractivity contribution in [2.45, 2.75) is 39.2 Å². The molecule has 0 spiro atoms. The van der Waals surface area contributed by atoms with Crippen molar-refractivity contribution in [1.82, 2.24) is 5.32 Å². The summed E-state index contributed by atoms with van der Waals surface area (Å²) >= 11 is 0. The van der Waals surface area contributed by atoms with Crippen LogP contribution >= 0.6 is 0 Å². The zero-order valence-electron chi connectivity index (χ0n) is 13.0. The van der Waals surface area contributed by atoms with Crippen LogP contribution in [0.1, 0.15) is 38.2 Å². The first kappa shape index (κ1) is 14.5. The van der Waals surface area contributed by atoms with Gasteiger partial charge in [-0.05, 0) is 36.0 Å². The molecule has 116 valence electrons. The maximum atomic E-state index is 5.67. The highest BCUT2D eigenvalue weighted by atomic mass is 16.6. The summed E-state index contributed by atoms with van der Waals surface area (Å²) in [5.41, 5.74) is 1.65. The lowest BCUT2D eigenvalue weighted by molar-refractivity contribution is 0.165. The molecule has 4 nitrogen and oxygen atoms in total. The summed E-state index contributed by atoms with van der Waals surface area (Å²) in [6.07, 6.45) is 5.42. The fraction of sp³-hybridized carbons (Fsp3) is 0.647. The summed E-state index contributed by atoms with van der Waals surface area (Å²) in [6, 6.07) is 4.10. The number of nitrogens with one attached hydrogen (secondary N) is 1. The molecule has 0 atom stereocenters. The highest BCUT2D eigenvalue weighted by Crippen LogP contribution is 2.40. The molecule has 1 aromatic rings. The Morgan fingerprint density at radius 2 is 1.95 bits per heavy atom. The predicted molar refractivity (Wildman–Crippen MR) is 82.3 cm³/mol. The van der Waals surface area contributed by atoms with Crippen LogP contribution in [0, 0.1) is 5.41 Å². The van der Waals surface area contributed by atoms with Crippen LogP contribution in [0.2, 0.25) is 0 Å². The third-order valence-electron chi connectivity index (χ3n) is 4.58. The van der Waals surface area contributed by atoms with Crippen molar-refractivity contribution in [2.24, 2.45) is 5.41 Å². The number of hydrogen-bond acceptors (Lipinski definition) is 4. The fourth-order valence-electron chi connectivity index (χ4n) is 3.34. The molecule has 0 saturated heterocycles. The van der Waals surface area contributed by atoms with E-state index in [4.69, 9.17) is 14.2 Å². The molecule has 2 aliphatic rings. The molecule has 1 aliphatic carbocycles. The van der Waals surface area contributed by atoms with Gasteiger partial charge in [0.2, 0.25) is 5.75 Å². The Balaban J connectivity index is 1.65. The summed E-state index contributed by atoms with van der Waals surface area (Å²) in [5, 5.41) is 3.59. The lowest BCUT2D eigenvalue weighted by atomic mass is 9.89. The Labute approximate surface area is 126 Å². The van der Waals surface area contributed by atoms with Crippen LogP contribution in [0.15, 0.2) is 12.1 Å². The van der Waals surface area contributed by atoms with Crippen LogP contribution in [0.5, 0.6) is 17.2 Å². The fourth-order valence-corrected chi connectivity index (χ4v) is 3.34. The minimum Gasteiger partial charge on any atom is -0.493 e. The molecule has 0 radical (unpaired) electrons. The Bertz CT molecular complexity index is 478. The number of hydrogen-bond donors (Lipinski definition) is 1. The molecule has 1 aliphatic heterocycles. The molecule has 4 heteroatoms. The molecule has 1 N–H and O–H groups in total. The van der Waals surface area contributed by atoms with Crippen molar-refractivity contribution in [2.75, 3.05) is 26.9 Å². The SMILES string of the molecule is COc1cc(CNCC2(C)CCCC2)cc2c1OCCO2. The van der Waals surface area contributed by atoms with Crippen LogP contribution in [-0.4, -0.2) is 26.9 Å². The number of rotatable bonds is 5. The number of methoxy groups -OCH3 is 1. The third-order valence-corrected chi connectivity index (χ3v) is 4.58. The van der Waals surface area contributed by atoms with E-state index in [1.165, 1.54) is 31.2 Å². The maximum absolute atomic E-state index is 5.67. The van der Waals surface area contributed by atoms with Gasteiger partial charge in [0.15, 0.2) is 11.5 Å². The summed E-state index contributed by atoms with van der Waals surface area (Å²) in [7, 11) is 1.67. The van der Waals surface area contributed by atoms with E-state index in [1.807, 2.05) is 6.07 Å². The molecule has 0 amide bonds. The first-order valence-electron chi connectivity index (χ1n) is 7.87. The van der Waals surface area contributed by atoms with Gasteiger partial charge in [-0.15, -0.1) is 0 Å². The lowest BCUT2D eigenvalue weighted by Gasteiger charge is -2.24. The maximum Gasteiger partial charge on any atom is 0.203 e. The molecule has 1 aromatic carbocycles. The minimum atomic E-state index is 0.470. The molecular formula is C17H25NO3. The van der Waals surface area contributed by atoms with Gasteiger partial charge in [-0.2, -0.15) is 0 Å². The van der Waals surface area contributed by atoms with E-state index < -0.39 is 0 Å². The molecular weight excluding hydrogens is 266 g/mol. The first-order chi connectivity index (χ1) is 10.2. The van der Waals surface area contributed by atoms with Gasteiger partial charge in [0.1, 0.15) is 13.2 Å². The monoisotopic (exact) mass is 291 g/mol. The molecule has 3 rings (SSSR count). The summed E-state index contributed by atoms with van der Waals surface area (Å²) in [4.78, 5) is 0. The van der Waals surface area contributed by atoms with Gasteiger partial charge in [0.25, 0.3) is 0 Å². The van der Waals surface area contributed by atoms with Crippen molar-refractivity contribution in [1.29, 1.82) is 0 Å². The summed E-state index contributed by atoms with van der Waals surface area (Å²) in [6.45, 7) is 5.48. The highest BCUT2D eigenvalue weighted by Gasteiger charge is 2.28. The van der Waals surface area contributed by atoms with Crippen LogP contribution < -0.4 is 19.5 Å². The largest absolute Gasteiger partial charge is 0.493 e. The quantitative estimate of drug-likeness (QED) is 0.904. The summed E-state index contributed by atoms with van der Waals surface area (Å²) in [5.74, 6) is 2.29. The standard InChI is InChI=1S/C17H25NO3/c1-17(5-3-4-6-17)12-18-11-13-9-14(19-2)16-15(10-13)20-7-8-21-16/h9-10,18H,3-8,11-12H2,1-2H3. The lowest BCUT2D eigenvalue weighted by Crippen LogP contribution is -2.29. The van der Waals surface area contributed by atoms with Crippen molar-refractivity contribution < 1.29 is 14.2 Å². The Morgan fingerprint density at radius 1 is 1.19 bits per heavy atom. The van der Waals surface area contributed by atoms with Crippen LogP contribution in [0.4, 0.5) is 0 Å². The molecule has 21 heavy (non-hydrogen) atoms. The number of ether oxygens (including phenoxy) is 3. The van der Waals surface area contributed by atoms with E-state index in [-0.39, 0.29) is 0 Å². The molecule has 0 bridgehead atoms. The van der Waals surface area contributed by atoms with Gasteiger partial charge in [0, 0.05) is 13.1 Å². The zero-order chi connectivity index (χ0) is 14.7. The Morgan fingerprint density at radius 3 is 2.71 bits per heavy atom. The third kappa shape index (κ3) is 3.26. The molecule has 0 unspecified atom stereocenters. The van der Waals surface area contributed by atoms with Crippen LogP contribution in [-0.2, 0) is 6.54 Å². The van der Waals surface area contributed by atoms with E-state index in [9.17, 15) is 0 Å². The zero-order valence-corrected chi connectivity index (χ0v) is 13.0. The van der Waals surface area contributed by atoms with Crippen molar-refractivity contribution in [3.05, 3.63) is 17.7 Å². The molecule has 0 aromatic heterocycles. The first-order valence-corrected chi connectivity index (χ1v) is 7.87. The second kappa shape index (κ2) is 6.14. The average molecular weight is 291 g/mol. The van der Waals surface area contributed by atoms with Crippen molar-refractivity contribution >= 4 is 0 Å². The second-order valence-electron chi connectivity index (χ2n) is 6.44. The van der Waals surface area contributed by atoms with E-state index in [1.54, 1.807) is 7.11 Å². The van der Waals surface area contributed by atoms with Crippen LogP contribution in [0.3, 0.4) is 0 Å². The van der Waals surface area contributed by atoms with Gasteiger partial charge in [-0.3, -0.25) is 0 Å². The van der Waals surface area contributed by atoms with Crippen LogP contribution in [0.25, 0.3) is 0 Å². The summed E-state index contributed by atoms with van der Waals surface area (Å²) < 4.78 is 16.7. The van der Waals surface area contributed by atoms with Gasteiger partial charge in [0.05, 0.1) is 7.11 Å². The highest BCUT2D eigenvalue weighted by molar-refractivity contribution is 5.54. The van der Waals surface area contributed by atoms with E-state index >= 15 is 0 Å². The van der Waals surface area contributed by atoms with Gasteiger partial charge < -0.3 is 19.5 Å². The Hall–Kier alpha value is -1.42. The average Bonchev–Trinajstić information content (AvgIpc) is 2.93. The van der Waals surface area contributed by atoms with Crippen molar-refractivity contribution in [3.8, 4) is 17.2 Å². The smallest absolute Gasteiger partial charge is 0.203 e. The minimum absolute atomic E-state index is 0.470. The Kier molecular flexibility index (Phi) is 4.24. The molecule has 1 fully saturated rings. The second-order valence-corrected chi connectivity index (χ2v) is 6.44. The van der Waals surface area contributed by atoms with E-state index in [0.29, 0.717) is 18.6 Å². The normalized spacial score (nSPS) is 19.5. The van der Waals surface area contributed by atoms with Gasteiger partial charge >= 0.3 is 0 Å². The molecule has 1 heterocycles. The van der Waals surface area contributed by atoms with Crippen molar-refractivity contribution in [3.63, 3.8) is 0 Å². The van der Waals surface area contributed by atoms with E-state index in [2.05, 4.69) is 18.3 Å². The predicted octanol–water partition coefficient (Wildman–Crippen LogP) is 3.14. The number of benzene rings is 1. The topological polar surface area (TPSA) is 39.7 Å².